The van der Waals surface area contributed by atoms with E-state index in [1.807, 2.05) is 6.92 Å². The number of sulfonamides is 1. The summed E-state index contributed by atoms with van der Waals surface area (Å²) < 4.78 is 32.7. The molecule has 1 heterocycles. The zero-order valence-electron chi connectivity index (χ0n) is 10.7. The maximum absolute atomic E-state index is 12.6. The van der Waals surface area contributed by atoms with Crippen LogP contribution in [0.2, 0.25) is 0 Å². The van der Waals surface area contributed by atoms with Crippen LogP contribution in [-0.4, -0.2) is 38.5 Å². The largest absolute Gasteiger partial charge is 0.399 e. The van der Waals surface area contributed by atoms with Crippen LogP contribution in [0.5, 0.6) is 0 Å². The van der Waals surface area contributed by atoms with Gasteiger partial charge in [-0.2, -0.15) is 4.31 Å². The molecule has 19 heavy (non-hydrogen) atoms. The van der Waals surface area contributed by atoms with Crippen molar-refractivity contribution in [3.05, 3.63) is 22.7 Å². The van der Waals surface area contributed by atoms with Gasteiger partial charge in [-0.05, 0) is 47.5 Å². The molecule has 1 unspecified atom stereocenters. The van der Waals surface area contributed by atoms with Crippen LogP contribution in [0.4, 0.5) is 5.69 Å². The average molecular weight is 349 g/mol. The number of nitrogens with zero attached hydrogens (tertiary/aromatic N) is 1. The third kappa shape index (κ3) is 3.28. The second-order valence-corrected chi connectivity index (χ2v) is 7.35. The molecular formula is C12H17BrN2O3S. The van der Waals surface area contributed by atoms with Gasteiger partial charge in [-0.25, -0.2) is 8.42 Å². The molecule has 106 valence electrons. The van der Waals surface area contributed by atoms with Crippen molar-refractivity contribution in [3.63, 3.8) is 0 Å². The molecule has 1 aromatic carbocycles. The van der Waals surface area contributed by atoms with Crippen LogP contribution in [0, 0.1) is 0 Å². The highest BCUT2D eigenvalue weighted by Gasteiger charge is 2.29. The minimum absolute atomic E-state index is 0.0927. The Morgan fingerprint density at radius 2 is 2.21 bits per heavy atom. The number of hydrogen-bond donors (Lipinski definition) is 1. The fraction of sp³-hybridized carbons (Fsp3) is 0.500. The molecule has 0 amide bonds. The highest BCUT2D eigenvalue weighted by molar-refractivity contribution is 9.10. The van der Waals surface area contributed by atoms with Crippen LogP contribution < -0.4 is 5.73 Å². The molecule has 1 aliphatic heterocycles. The van der Waals surface area contributed by atoms with Gasteiger partial charge in [0.15, 0.2) is 0 Å². The van der Waals surface area contributed by atoms with E-state index in [9.17, 15) is 8.42 Å². The topological polar surface area (TPSA) is 72.6 Å². The first-order valence-electron chi connectivity index (χ1n) is 6.08. The van der Waals surface area contributed by atoms with Crippen LogP contribution >= 0.6 is 15.9 Å². The van der Waals surface area contributed by atoms with Gasteiger partial charge in [0.25, 0.3) is 0 Å². The molecule has 0 radical (unpaired) electrons. The van der Waals surface area contributed by atoms with Crippen LogP contribution in [0.15, 0.2) is 27.6 Å². The van der Waals surface area contributed by atoms with Crippen molar-refractivity contribution in [1.82, 2.24) is 4.31 Å². The normalized spacial score (nSPS) is 22.1. The summed E-state index contributed by atoms with van der Waals surface area (Å²) in [5.74, 6) is 0. The maximum atomic E-state index is 12.6. The molecule has 7 heteroatoms. The summed E-state index contributed by atoms with van der Waals surface area (Å²) in [5, 5.41) is 0. The lowest BCUT2D eigenvalue weighted by atomic mass is 10.3. The van der Waals surface area contributed by atoms with Gasteiger partial charge in [0.1, 0.15) is 0 Å². The lowest BCUT2D eigenvalue weighted by Crippen LogP contribution is -2.36. The molecule has 2 rings (SSSR count). The van der Waals surface area contributed by atoms with E-state index in [2.05, 4.69) is 15.9 Å². The highest BCUT2D eigenvalue weighted by atomic mass is 79.9. The number of anilines is 1. The molecular weight excluding hydrogens is 332 g/mol. The lowest BCUT2D eigenvalue weighted by molar-refractivity contribution is 0.0752. The Morgan fingerprint density at radius 1 is 1.47 bits per heavy atom. The zero-order valence-corrected chi connectivity index (χ0v) is 13.1. The Morgan fingerprint density at radius 3 is 2.89 bits per heavy atom. The summed E-state index contributed by atoms with van der Waals surface area (Å²) in [6, 6.07) is 4.73. The Labute approximate surface area is 121 Å². The van der Waals surface area contributed by atoms with E-state index in [-0.39, 0.29) is 11.0 Å². The minimum Gasteiger partial charge on any atom is -0.399 e. The van der Waals surface area contributed by atoms with Crippen LogP contribution in [-0.2, 0) is 14.8 Å². The van der Waals surface area contributed by atoms with Crippen LogP contribution in [0.25, 0.3) is 0 Å². The van der Waals surface area contributed by atoms with Crippen molar-refractivity contribution in [2.24, 2.45) is 0 Å². The summed E-state index contributed by atoms with van der Waals surface area (Å²) in [6.45, 7) is 3.32. The Hall–Kier alpha value is -0.630. The van der Waals surface area contributed by atoms with E-state index < -0.39 is 10.0 Å². The van der Waals surface area contributed by atoms with Gasteiger partial charge in [0.05, 0.1) is 11.0 Å². The fourth-order valence-electron chi connectivity index (χ4n) is 2.04. The molecule has 0 saturated carbocycles. The third-order valence-corrected chi connectivity index (χ3v) is 5.83. The molecule has 0 aromatic heterocycles. The number of rotatable bonds is 2. The van der Waals surface area contributed by atoms with Crippen molar-refractivity contribution >= 4 is 31.6 Å². The van der Waals surface area contributed by atoms with E-state index >= 15 is 0 Å². The van der Waals surface area contributed by atoms with Crippen LogP contribution in [0.3, 0.4) is 0 Å². The number of halogens is 1. The lowest BCUT2D eigenvalue weighted by Gasteiger charge is -2.22. The van der Waals surface area contributed by atoms with Gasteiger partial charge in [-0.1, -0.05) is 0 Å². The number of benzene rings is 1. The van der Waals surface area contributed by atoms with Gasteiger partial charge < -0.3 is 10.5 Å². The second-order valence-electron chi connectivity index (χ2n) is 4.59. The monoisotopic (exact) mass is 348 g/mol. The van der Waals surface area contributed by atoms with E-state index in [1.54, 1.807) is 12.1 Å². The molecule has 5 nitrogen and oxygen atoms in total. The van der Waals surface area contributed by atoms with E-state index in [0.29, 0.717) is 36.3 Å². The van der Waals surface area contributed by atoms with Crippen molar-refractivity contribution in [2.45, 2.75) is 24.3 Å². The third-order valence-electron chi connectivity index (χ3n) is 2.99. The zero-order chi connectivity index (χ0) is 14.0. The SMILES string of the molecule is CC1CN(S(=O)(=O)c2ccc(N)cc2Br)CCCO1. The first-order chi connectivity index (χ1) is 8.91. The van der Waals surface area contributed by atoms with Crippen molar-refractivity contribution in [3.8, 4) is 0 Å². The quantitative estimate of drug-likeness (QED) is 0.827. The number of nitrogens with two attached hydrogens (primary N) is 1. The predicted octanol–water partition coefficient (Wildman–Crippen LogP) is 1.83. The van der Waals surface area contributed by atoms with Crippen LogP contribution in [0.1, 0.15) is 13.3 Å². The van der Waals surface area contributed by atoms with Crippen molar-refractivity contribution < 1.29 is 13.2 Å². The summed E-state index contributed by atoms with van der Waals surface area (Å²) in [5.41, 5.74) is 6.16. The Bertz CT molecular complexity index is 562. The standard InChI is InChI=1S/C12H17BrN2O3S/c1-9-8-15(5-2-6-18-9)19(16,17)12-4-3-10(14)7-11(12)13/h3-4,7,9H,2,5-6,8,14H2,1H3. The second kappa shape index (κ2) is 5.78. The van der Waals surface area contributed by atoms with Gasteiger partial charge in [-0.3, -0.25) is 0 Å². The van der Waals surface area contributed by atoms with E-state index in [1.165, 1.54) is 10.4 Å². The number of ether oxygens (including phenoxy) is 1. The molecule has 0 spiro atoms. The van der Waals surface area contributed by atoms with Gasteiger partial charge in [-0.15, -0.1) is 0 Å². The van der Waals surface area contributed by atoms with Crippen molar-refractivity contribution in [2.75, 3.05) is 25.4 Å². The van der Waals surface area contributed by atoms with Gasteiger partial charge in [0.2, 0.25) is 10.0 Å². The molecule has 1 aromatic rings. The molecule has 1 fully saturated rings. The Kier molecular flexibility index (Phi) is 4.50. The maximum Gasteiger partial charge on any atom is 0.244 e. The number of hydrogen-bond acceptors (Lipinski definition) is 4. The fourth-order valence-corrected chi connectivity index (χ4v) is 4.65. The molecule has 1 atom stereocenters. The summed E-state index contributed by atoms with van der Waals surface area (Å²) in [7, 11) is -3.51. The van der Waals surface area contributed by atoms with Gasteiger partial charge in [0, 0.05) is 29.9 Å². The first kappa shape index (κ1) is 14.8. The molecule has 0 bridgehead atoms. The van der Waals surface area contributed by atoms with Crippen molar-refractivity contribution in [1.29, 1.82) is 0 Å². The van der Waals surface area contributed by atoms with E-state index in [4.69, 9.17) is 10.5 Å². The minimum atomic E-state index is -3.51. The van der Waals surface area contributed by atoms with Gasteiger partial charge >= 0.3 is 0 Å². The molecule has 1 aliphatic rings. The molecule has 0 aliphatic carbocycles. The molecule has 2 N–H and O–H groups in total. The summed E-state index contributed by atoms with van der Waals surface area (Å²) in [6.07, 6.45) is 0.612. The first-order valence-corrected chi connectivity index (χ1v) is 8.31. The predicted molar refractivity (Wildman–Crippen MR) is 77.3 cm³/mol. The summed E-state index contributed by atoms with van der Waals surface area (Å²) in [4.78, 5) is 0.246. The van der Waals surface area contributed by atoms with E-state index in [0.717, 1.165) is 0 Å². The average Bonchev–Trinajstić information content (AvgIpc) is 2.53. The number of nitrogen functional groups attached to an aromatic ring is 1. The Balaban J connectivity index is 2.35. The molecule has 1 saturated heterocycles. The highest BCUT2D eigenvalue weighted by Crippen LogP contribution is 2.28. The summed E-state index contributed by atoms with van der Waals surface area (Å²) >= 11 is 3.27. The smallest absolute Gasteiger partial charge is 0.244 e.